The molecule has 4 heterocycles. The lowest BCUT2D eigenvalue weighted by molar-refractivity contribution is -0.143. The van der Waals surface area contributed by atoms with Crippen LogP contribution < -0.4 is 4.90 Å². The van der Waals surface area contributed by atoms with Crippen molar-refractivity contribution in [1.82, 2.24) is 24.4 Å². The maximum atomic E-state index is 14.8. The summed E-state index contributed by atoms with van der Waals surface area (Å²) in [4.78, 5) is 41.1. The van der Waals surface area contributed by atoms with Crippen molar-refractivity contribution >= 4 is 29.0 Å². The second-order valence-electron chi connectivity index (χ2n) is 10.1. The van der Waals surface area contributed by atoms with Gasteiger partial charge in [0.05, 0.1) is 17.8 Å². The maximum Gasteiger partial charge on any atom is 0.411 e. The Balaban J connectivity index is 1.55. The fraction of sp³-hybridized carbons (Fsp3) is 0.296. The monoisotopic (exact) mass is 536 g/mol. The molecular weight excluding hydrogens is 510 g/mol. The molecule has 0 radical (unpaired) electrons. The first-order valence-electron chi connectivity index (χ1n) is 12.2. The third-order valence-electron chi connectivity index (χ3n) is 6.20. The number of aliphatic carboxylic acids is 1. The Bertz CT molecular complexity index is 1550. The van der Waals surface area contributed by atoms with Gasteiger partial charge in [-0.15, -0.1) is 0 Å². The molecule has 1 saturated heterocycles. The van der Waals surface area contributed by atoms with Gasteiger partial charge >= 0.3 is 12.1 Å². The van der Waals surface area contributed by atoms with E-state index < -0.39 is 35.3 Å². The highest BCUT2D eigenvalue weighted by Gasteiger charge is 2.38. The van der Waals surface area contributed by atoms with Gasteiger partial charge in [0, 0.05) is 31.5 Å². The highest BCUT2D eigenvalue weighted by Crippen LogP contribution is 2.31. The Morgan fingerprint density at radius 2 is 1.77 bits per heavy atom. The van der Waals surface area contributed by atoms with Crippen LogP contribution in [0.4, 0.5) is 19.4 Å². The quantitative estimate of drug-likeness (QED) is 0.411. The first kappa shape index (κ1) is 26.0. The van der Waals surface area contributed by atoms with E-state index in [2.05, 4.69) is 9.97 Å². The first-order valence-corrected chi connectivity index (χ1v) is 12.2. The number of carbonyl (C=O) groups excluding carboxylic acids is 1. The number of hydrogen-bond acceptors (Lipinski definition) is 7. The molecule has 0 spiro atoms. The third kappa shape index (κ3) is 5.22. The number of anilines is 1. The Kier molecular flexibility index (Phi) is 6.62. The lowest BCUT2D eigenvalue weighted by atomic mass is 10.1. The minimum Gasteiger partial charge on any atom is -0.480 e. The summed E-state index contributed by atoms with van der Waals surface area (Å²) in [6.45, 7) is 5.55. The van der Waals surface area contributed by atoms with Gasteiger partial charge in [-0.1, -0.05) is 0 Å². The van der Waals surface area contributed by atoms with E-state index in [-0.39, 0.29) is 24.5 Å². The van der Waals surface area contributed by atoms with Crippen molar-refractivity contribution in [2.75, 3.05) is 24.5 Å². The van der Waals surface area contributed by atoms with Crippen LogP contribution in [0.1, 0.15) is 20.8 Å². The number of halogens is 2. The van der Waals surface area contributed by atoms with Crippen molar-refractivity contribution in [2.24, 2.45) is 0 Å². The summed E-state index contributed by atoms with van der Waals surface area (Å²) in [6.07, 6.45) is 2.45. The number of benzene rings is 1. The summed E-state index contributed by atoms with van der Waals surface area (Å²) in [5.41, 5.74) is 0.769. The van der Waals surface area contributed by atoms with Crippen molar-refractivity contribution < 1.29 is 28.2 Å². The minimum absolute atomic E-state index is 0.0179. The number of hydrogen-bond donors (Lipinski definition) is 1. The summed E-state index contributed by atoms with van der Waals surface area (Å²) in [6, 6.07) is 8.93. The number of carboxylic acid groups (broad SMARTS) is 1. The number of piperazine rings is 1. The molecule has 3 aromatic heterocycles. The average Bonchev–Trinajstić information content (AvgIpc) is 3.26. The molecule has 1 aliphatic rings. The number of carboxylic acids is 1. The van der Waals surface area contributed by atoms with Gasteiger partial charge in [0.15, 0.2) is 5.65 Å². The summed E-state index contributed by atoms with van der Waals surface area (Å²) in [5, 5.41) is 9.88. The van der Waals surface area contributed by atoms with Crippen molar-refractivity contribution in [2.45, 2.75) is 32.4 Å². The number of aromatic nitrogens is 4. The number of ether oxygens (including phenoxy) is 1. The van der Waals surface area contributed by atoms with Crippen molar-refractivity contribution in [3.05, 3.63) is 66.5 Å². The molecule has 0 bridgehead atoms. The normalized spacial score (nSPS) is 16.0. The number of amides is 1. The zero-order valence-corrected chi connectivity index (χ0v) is 21.5. The van der Waals surface area contributed by atoms with Crippen molar-refractivity contribution in [3.8, 4) is 17.1 Å². The zero-order chi connectivity index (χ0) is 27.9. The number of imidazole rings is 1. The lowest BCUT2D eigenvalue weighted by Crippen LogP contribution is -2.59. The lowest BCUT2D eigenvalue weighted by Gasteiger charge is -2.40. The topological polar surface area (TPSA) is 114 Å². The molecule has 0 aliphatic carbocycles. The molecule has 12 heteroatoms. The molecule has 1 atom stereocenters. The first-order chi connectivity index (χ1) is 18.5. The third-order valence-corrected chi connectivity index (χ3v) is 6.20. The maximum absolute atomic E-state index is 14.8. The van der Waals surface area contributed by atoms with E-state index in [1.54, 1.807) is 66.9 Å². The molecule has 0 saturated carbocycles. The van der Waals surface area contributed by atoms with Crippen LogP contribution in [0.2, 0.25) is 0 Å². The van der Waals surface area contributed by atoms with Crippen LogP contribution in [0.25, 0.3) is 28.2 Å². The van der Waals surface area contributed by atoms with Crippen LogP contribution in [0.15, 0.2) is 54.9 Å². The van der Waals surface area contributed by atoms with E-state index in [1.807, 2.05) is 0 Å². The molecule has 1 amide bonds. The molecule has 10 nitrogen and oxygen atoms in total. The number of rotatable bonds is 4. The van der Waals surface area contributed by atoms with Gasteiger partial charge in [-0.05, 0) is 57.2 Å². The van der Waals surface area contributed by atoms with Crippen LogP contribution in [0, 0.1) is 11.6 Å². The molecule has 1 aliphatic heterocycles. The molecule has 1 N–H and O–H groups in total. The van der Waals surface area contributed by atoms with E-state index in [0.29, 0.717) is 29.2 Å². The summed E-state index contributed by atoms with van der Waals surface area (Å²) in [5.74, 6) is -1.97. The zero-order valence-electron chi connectivity index (χ0n) is 21.5. The molecule has 4 aromatic rings. The van der Waals surface area contributed by atoms with Gasteiger partial charge in [0.1, 0.15) is 40.4 Å². The van der Waals surface area contributed by atoms with Crippen molar-refractivity contribution in [1.29, 1.82) is 0 Å². The second kappa shape index (κ2) is 9.93. The predicted octanol–water partition coefficient (Wildman–Crippen LogP) is 4.27. The SMILES string of the molecule is CC(C)(C)OC(=O)N1CCN(c2ccc3nc(-c4ccc(F)cc4F)n(-c4ccncc4)c3n2)C[C@@H]1C(=O)O. The van der Waals surface area contributed by atoms with Crippen LogP contribution >= 0.6 is 0 Å². The molecule has 39 heavy (non-hydrogen) atoms. The van der Waals surface area contributed by atoms with Crippen LogP contribution in [-0.4, -0.2) is 72.9 Å². The van der Waals surface area contributed by atoms with E-state index in [9.17, 15) is 23.5 Å². The Labute approximate surface area is 222 Å². The van der Waals surface area contributed by atoms with E-state index >= 15 is 0 Å². The van der Waals surface area contributed by atoms with Gasteiger partial charge in [-0.3, -0.25) is 14.5 Å². The molecule has 202 valence electrons. The molecule has 1 fully saturated rings. The van der Waals surface area contributed by atoms with Gasteiger partial charge < -0.3 is 14.7 Å². The van der Waals surface area contributed by atoms with Crippen molar-refractivity contribution in [3.63, 3.8) is 0 Å². The van der Waals surface area contributed by atoms with Gasteiger partial charge in [-0.25, -0.2) is 28.3 Å². The van der Waals surface area contributed by atoms with E-state index in [1.165, 1.54) is 11.0 Å². The van der Waals surface area contributed by atoms with Crippen LogP contribution in [0.5, 0.6) is 0 Å². The largest absolute Gasteiger partial charge is 0.480 e. The molecular formula is C27H26F2N6O4. The highest BCUT2D eigenvalue weighted by atomic mass is 19.1. The predicted molar refractivity (Wildman–Crippen MR) is 139 cm³/mol. The van der Waals surface area contributed by atoms with E-state index in [4.69, 9.17) is 9.72 Å². The summed E-state index contributed by atoms with van der Waals surface area (Å²) >= 11 is 0. The molecule has 5 rings (SSSR count). The highest BCUT2D eigenvalue weighted by molar-refractivity contribution is 5.83. The fourth-order valence-corrected chi connectivity index (χ4v) is 4.45. The van der Waals surface area contributed by atoms with Gasteiger partial charge in [0.2, 0.25) is 0 Å². The van der Waals surface area contributed by atoms with Gasteiger partial charge in [-0.2, -0.15) is 0 Å². The number of nitrogens with zero attached hydrogens (tertiary/aromatic N) is 6. The standard InChI is InChI=1S/C27H26F2N6O4/c1-27(2,3)39-26(38)34-13-12-33(15-21(34)25(36)37)22-7-6-20-24(32-22)35(17-8-10-30-11-9-17)23(31-20)18-5-4-16(28)14-19(18)29/h4-11,14,21H,12-13,15H2,1-3H3,(H,36,37)/t21-/m1/s1. The summed E-state index contributed by atoms with van der Waals surface area (Å²) < 4.78 is 35.5. The Hall–Kier alpha value is -4.61. The summed E-state index contributed by atoms with van der Waals surface area (Å²) in [7, 11) is 0. The number of pyridine rings is 2. The minimum atomic E-state index is -1.16. The molecule has 0 unspecified atom stereocenters. The van der Waals surface area contributed by atoms with E-state index in [0.717, 1.165) is 12.1 Å². The van der Waals surface area contributed by atoms with Gasteiger partial charge in [0.25, 0.3) is 0 Å². The number of carbonyl (C=O) groups is 2. The fourth-order valence-electron chi connectivity index (χ4n) is 4.45. The Morgan fingerprint density at radius 1 is 1.03 bits per heavy atom. The van der Waals surface area contributed by atoms with Crippen LogP contribution in [0.3, 0.4) is 0 Å². The smallest absolute Gasteiger partial charge is 0.411 e. The second-order valence-corrected chi connectivity index (χ2v) is 10.1. The molecule has 1 aromatic carbocycles. The van der Waals surface area contributed by atoms with Crippen LogP contribution in [-0.2, 0) is 9.53 Å². The average molecular weight is 537 g/mol. The number of fused-ring (bicyclic) bond motifs is 1. The Morgan fingerprint density at radius 3 is 2.44 bits per heavy atom.